The molecule has 1 amide bonds. The number of ether oxygens (including phenoxy) is 2. The number of hydrogen-bond donors (Lipinski definition) is 1. The second-order valence-electron chi connectivity index (χ2n) is 7.24. The zero-order valence-electron chi connectivity index (χ0n) is 17.1. The van der Waals surface area contributed by atoms with E-state index in [9.17, 15) is 9.59 Å². The number of amides is 1. The molecular formula is C23H29N2O4+. The van der Waals surface area contributed by atoms with Gasteiger partial charge in [-0.2, -0.15) is 0 Å². The summed E-state index contributed by atoms with van der Waals surface area (Å²) in [7, 11) is 0. The van der Waals surface area contributed by atoms with Crippen molar-refractivity contribution >= 4 is 11.9 Å². The molecule has 0 unspecified atom stereocenters. The molecule has 0 radical (unpaired) electrons. The summed E-state index contributed by atoms with van der Waals surface area (Å²) in [5.74, 6) is 0.0642. The molecule has 29 heavy (non-hydrogen) atoms. The molecule has 0 bridgehead atoms. The normalized spacial score (nSPS) is 15.6. The third-order valence-electron chi connectivity index (χ3n) is 5.11. The van der Waals surface area contributed by atoms with Gasteiger partial charge in [-0.1, -0.05) is 30.3 Å². The van der Waals surface area contributed by atoms with Gasteiger partial charge in [0.1, 0.15) is 12.3 Å². The second kappa shape index (κ2) is 10.1. The smallest absolute Gasteiger partial charge is 0.338 e. The van der Waals surface area contributed by atoms with Crippen molar-refractivity contribution in [3.05, 3.63) is 65.7 Å². The highest BCUT2D eigenvalue weighted by atomic mass is 16.5. The fourth-order valence-corrected chi connectivity index (χ4v) is 3.49. The number of rotatable bonds is 7. The summed E-state index contributed by atoms with van der Waals surface area (Å²) in [6, 6.07) is 17.1. The van der Waals surface area contributed by atoms with E-state index in [0.29, 0.717) is 31.0 Å². The van der Waals surface area contributed by atoms with Crippen LogP contribution in [0.25, 0.3) is 0 Å². The van der Waals surface area contributed by atoms with Crippen LogP contribution >= 0.6 is 0 Å². The number of carbonyl (C=O) groups is 2. The Bertz CT molecular complexity index is 799. The summed E-state index contributed by atoms with van der Waals surface area (Å²) in [5.41, 5.74) is 1.71. The van der Waals surface area contributed by atoms with Crippen LogP contribution in [0.1, 0.15) is 29.8 Å². The molecule has 1 N–H and O–H groups in total. The average molecular weight is 397 g/mol. The predicted molar refractivity (Wildman–Crippen MR) is 110 cm³/mol. The van der Waals surface area contributed by atoms with Gasteiger partial charge >= 0.3 is 5.97 Å². The molecule has 0 aromatic heterocycles. The maximum Gasteiger partial charge on any atom is 0.338 e. The summed E-state index contributed by atoms with van der Waals surface area (Å²) in [5, 5.41) is 0. The van der Waals surface area contributed by atoms with Crippen LogP contribution in [0.3, 0.4) is 0 Å². The van der Waals surface area contributed by atoms with Crippen molar-refractivity contribution < 1.29 is 24.0 Å². The Morgan fingerprint density at radius 3 is 2.31 bits per heavy atom. The maximum absolute atomic E-state index is 12.7. The summed E-state index contributed by atoms with van der Waals surface area (Å²) in [6.07, 6.45) is -0.801. The van der Waals surface area contributed by atoms with E-state index in [4.69, 9.17) is 9.47 Å². The molecule has 0 aliphatic carbocycles. The molecule has 2 aromatic carbocycles. The average Bonchev–Trinajstić information content (AvgIpc) is 2.75. The molecule has 1 aliphatic rings. The van der Waals surface area contributed by atoms with Crippen LogP contribution in [-0.2, 0) is 16.1 Å². The van der Waals surface area contributed by atoms with Crippen molar-refractivity contribution in [2.45, 2.75) is 26.5 Å². The van der Waals surface area contributed by atoms with Crippen molar-refractivity contribution in [1.29, 1.82) is 0 Å². The summed E-state index contributed by atoms with van der Waals surface area (Å²) >= 11 is 0. The van der Waals surface area contributed by atoms with Gasteiger partial charge in [-0.25, -0.2) is 4.79 Å². The Morgan fingerprint density at radius 1 is 1.03 bits per heavy atom. The van der Waals surface area contributed by atoms with Crippen molar-refractivity contribution in [3.63, 3.8) is 0 Å². The zero-order valence-corrected chi connectivity index (χ0v) is 17.1. The van der Waals surface area contributed by atoms with E-state index < -0.39 is 12.1 Å². The quantitative estimate of drug-likeness (QED) is 0.721. The van der Waals surface area contributed by atoms with Crippen molar-refractivity contribution in [3.8, 4) is 5.75 Å². The van der Waals surface area contributed by atoms with E-state index in [1.165, 1.54) is 10.5 Å². The number of nitrogens with one attached hydrogen (secondary N) is 1. The molecule has 1 saturated heterocycles. The lowest BCUT2D eigenvalue weighted by Crippen LogP contribution is -3.13. The summed E-state index contributed by atoms with van der Waals surface area (Å²) in [6.45, 7) is 8.19. The second-order valence-corrected chi connectivity index (χ2v) is 7.24. The van der Waals surface area contributed by atoms with Gasteiger partial charge in [0, 0.05) is 5.56 Å². The van der Waals surface area contributed by atoms with Crippen molar-refractivity contribution in [1.82, 2.24) is 4.90 Å². The van der Waals surface area contributed by atoms with E-state index >= 15 is 0 Å². The minimum Gasteiger partial charge on any atom is -0.494 e. The zero-order chi connectivity index (χ0) is 20.6. The van der Waals surface area contributed by atoms with Gasteiger partial charge in [0.15, 0.2) is 6.10 Å². The highest BCUT2D eigenvalue weighted by Gasteiger charge is 2.29. The maximum atomic E-state index is 12.7. The van der Waals surface area contributed by atoms with Gasteiger partial charge in [-0.15, -0.1) is 0 Å². The molecule has 0 spiro atoms. The van der Waals surface area contributed by atoms with E-state index in [0.717, 1.165) is 19.6 Å². The molecule has 2 aromatic rings. The molecule has 6 nitrogen and oxygen atoms in total. The number of esters is 1. The number of hydrogen-bond acceptors (Lipinski definition) is 4. The number of nitrogens with zero attached hydrogens (tertiary/aromatic N) is 1. The fourth-order valence-electron chi connectivity index (χ4n) is 3.49. The molecule has 154 valence electrons. The van der Waals surface area contributed by atoms with Crippen molar-refractivity contribution in [2.24, 2.45) is 0 Å². The van der Waals surface area contributed by atoms with Crippen LogP contribution in [0, 0.1) is 0 Å². The van der Waals surface area contributed by atoms with Crippen LogP contribution < -0.4 is 9.64 Å². The molecule has 0 saturated carbocycles. The van der Waals surface area contributed by atoms with Gasteiger partial charge in [-0.05, 0) is 38.1 Å². The molecule has 1 fully saturated rings. The SMILES string of the molecule is CCOc1ccc(C(=O)O[C@H](C)C(=O)N2CC[NH+](Cc3ccccc3)CC2)cc1. The van der Waals surface area contributed by atoms with Crippen LogP contribution in [0.15, 0.2) is 54.6 Å². The minimum atomic E-state index is -0.801. The van der Waals surface area contributed by atoms with Crippen molar-refractivity contribution in [2.75, 3.05) is 32.8 Å². The number of benzene rings is 2. The Labute approximate surface area is 172 Å². The van der Waals surface area contributed by atoms with E-state index in [-0.39, 0.29) is 5.91 Å². The topological polar surface area (TPSA) is 60.3 Å². The van der Waals surface area contributed by atoms with Crippen LogP contribution in [0.5, 0.6) is 5.75 Å². The first-order valence-electron chi connectivity index (χ1n) is 10.2. The van der Waals surface area contributed by atoms with Crippen LogP contribution in [-0.4, -0.2) is 55.7 Å². The molecular weight excluding hydrogens is 368 g/mol. The predicted octanol–water partition coefficient (Wildman–Crippen LogP) is 1.56. The Kier molecular flexibility index (Phi) is 7.25. The molecule has 1 aliphatic heterocycles. The molecule has 3 rings (SSSR count). The number of piperazine rings is 1. The third kappa shape index (κ3) is 5.81. The van der Waals surface area contributed by atoms with E-state index in [1.807, 2.05) is 13.0 Å². The summed E-state index contributed by atoms with van der Waals surface area (Å²) in [4.78, 5) is 28.3. The molecule has 1 atom stereocenters. The largest absolute Gasteiger partial charge is 0.494 e. The van der Waals surface area contributed by atoms with Gasteiger partial charge in [0.05, 0.1) is 38.3 Å². The Hall–Kier alpha value is -2.86. The molecule has 6 heteroatoms. The van der Waals surface area contributed by atoms with E-state index in [1.54, 1.807) is 36.1 Å². The minimum absolute atomic E-state index is 0.136. The lowest BCUT2D eigenvalue weighted by atomic mass is 10.2. The molecule has 1 heterocycles. The fraction of sp³-hybridized carbons (Fsp3) is 0.391. The Balaban J connectivity index is 1.47. The standard InChI is InChI=1S/C23H28N2O4/c1-3-28-21-11-9-20(10-12-21)23(27)29-18(2)22(26)25-15-13-24(14-16-25)17-19-7-5-4-6-8-19/h4-12,18H,3,13-17H2,1-2H3/p+1/t18-/m1/s1. The highest BCUT2D eigenvalue weighted by molar-refractivity contribution is 5.92. The van der Waals surface area contributed by atoms with Crippen LogP contribution in [0.2, 0.25) is 0 Å². The van der Waals surface area contributed by atoms with Gasteiger partial charge in [-0.3, -0.25) is 4.79 Å². The first kappa shape index (κ1) is 20.9. The van der Waals surface area contributed by atoms with Crippen LogP contribution in [0.4, 0.5) is 0 Å². The summed E-state index contributed by atoms with van der Waals surface area (Å²) < 4.78 is 10.8. The number of quaternary nitrogens is 1. The Morgan fingerprint density at radius 2 is 1.69 bits per heavy atom. The monoisotopic (exact) mass is 397 g/mol. The lowest BCUT2D eigenvalue weighted by molar-refractivity contribution is -0.917. The number of carbonyl (C=O) groups excluding carboxylic acids is 2. The van der Waals surface area contributed by atoms with Gasteiger partial charge in [0.2, 0.25) is 0 Å². The first-order valence-corrected chi connectivity index (χ1v) is 10.2. The highest BCUT2D eigenvalue weighted by Crippen LogP contribution is 2.14. The first-order chi connectivity index (χ1) is 14.1. The lowest BCUT2D eigenvalue weighted by Gasteiger charge is -2.33. The van der Waals surface area contributed by atoms with E-state index in [2.05, 4.69) is 24.3 Å². The third-order valence-corrected chi connectivity index (χ3v) is 5.11. The van der Waals surface area contributed by atoms with Gasteiger partial charge in [0.25, 0.3) is 5.91 Å². The van der Waals surface area contributed by atoms with Gasteiger partial charge < -0.3 is 19.3 Å².